The average Bonchev–Trinajstić information content (AvgIpc) is 2.63. The molecule has 2 rings (SSSR count). The fourth-order valence-corrected chi connectivity index (χ4v) is 2.41. The zero-order chi connectivity index (χ0) is 20.9. The van der Waals surface area contributed by atoms with E-state index in [9.17, 15) is 18.0 Å². The van der Waals surface area contributed by atoms with E-state index in [-0.39, 0.29) is 34.6 Å². The molecule has 9 heteroatoms. The summed E-state index contributed by atoms with van der Waals surface area (Å²) in [6.45, 7) is 3.44. The molecule has 152 valence electrons. The molecule has 0 amide bonds. The lowest BCUT2D eigenvalue weighted by molar-refractivity contribution is -0.150. The van der Waals surface area contributed by atoms with E-state index in [1.165, 1.54) is 32.2 Å². The van der Waals surface area contributed by atoms with Gasteiger partial charge in [-0.05, 0) is 44.2 Å². The number of benzene rings is 2. The van der Waals surface area contributed by atoms with Gasteiger partial charge in [0.2, 0.25) is 0 Å². The van der Waals surface area contributed by atoms with Gasteiger partial charge in [0.25, 0.3) is 0 Å². The smallest absolute Gasteiger partial charge is 0.416 e. The molecule has 0 bridgehead atoms. The number of esters is 1. The van der Waals surface area contributed by atoms with Gasteiger partial charge in [0.15, 0.2) is 17.6 Å². The maximum absolute atomic E-state index is 12.7. The van der Waals surface area contributed by atoms with Crippen LogP contribution in [0.5, 0.6) is 23.0 Å². The molecule has 28 heavy (non-hydrogen) atoms. The van der Waals surface area contributed by atoms with Gasteiger partial charge in [-0.1, -0.05) is 11.6 Å². The molecule has 0 aliphatic heterocycles. The van der Waals surface area contributed by atoms with Gasteiger partial charge in [-0.2, -0.15) is 13.2 Å². The highest BCUT2D eigenvalue weighted by Gasteiger charge is 2.31. The van der Waals surface area contributed by atoms with Crippen molar-refractivity contribution in [2.24, 2.45) is 0 Å². The Balaban J connectivity index is 2.19. The number of hydrogen-bond donors (Lipinski definition) is 0. The quantitative estimate of drug-likeness (QED) is 0.556. The Hall–Kier alpha value is -2.61. The van der Waals surface area contributed by atoms with Crippen molar-refractivity contribution in [3.8, 4) is 23.0 Å². The molecule has 0 spiro atoms. The lowest BCUT2D eigenvalue weighted by atomic mass is 10.2. The van der Waals surface area contributed by atoms with Gasteiger partial charge in [-0.3, -0.25) is 0 Å². The van der Waals surface area contributed by atoms with E-state index in [1.807, 2.05) is 0 Å². The van der Waals surface area contributed by atoms with E-state index in [1.54, 1.807) is 6.92 Å². The van der Waals surface area contributed by atoms with Crippen molar-refractivity contribution in [1.82, 2.24) is 0 Å². The van der Waals surface area contributed by atoms with Crippen LogP contribution in [-0.2, 0) is 15.7 Å². The third-order valence-electron chi connectivity index (χ3n) is 3.54. The third kappa shape index (κ3) is 5.45. The summed E-state index contributed by atoms with van der Waals surface area (Å²) >= 11 is 5.89. The summed E-state index contributed by atoms with van der Waals surface area (Å²) in [4.78, 5) is 11.7. The lowest BCUT2D eigenvalue weighted by Crippen LogP contribution is -2.26. The predicted octanol–water partition coefficient (Wildman–Crippen LogP) is 5.49. The number of halogens is 4. The number of hydrogen-bond acceptors (Lipinski definition) is 5. The van der Waals surface area contributed by atoms with Crippen LogP contribution in [-0.4, -0.2) is 25.8 Å². The van der Waals surface area contributed by atoms with Crippen molar-refractivity contribution in [3.63, 3.8) is 0 Å². The Morgan fingerprint density at radius 1 is 1.11 bits per heavy atom. The fraction of sp³-hybridized carbons (Fsp3) is 0.316. The van der Waals surface area contributed by atoms with E-state index in [4.69, 9.17) is 30.5 Å². The maximum Gasteiger partial charge on any atom is 0.416 e. The van der Waals surface area contributed by atoms with Crippen LogP contribution in [0.15, 0.2) is 36.4 Å². The van der Waals surface area contributed by atoms with E-state index < -0.39 is 23.8 Å². The van der Waals surface area contributed by atoms with Crippen molar-refractivity contribution in [3.05, 3.63) is 47.0 Å². The molecule has 0 saturated heterocycles. The molecule has 1 unspecified atom stereocenters. The largest absolute Gasteiger partial charge is 0.493 e. The summed E-state index contributed by atoms with van der Waals surface area (Å²) < 4.78 is 59.3. The third-order valence-corrected chi connectivity index (χ3v) is 3.84. The summed E-state index contributed by atoms with van der Waals surface area (Å²) in [5.41, 5.74) is -0.876. The molecular formula is C19H18ClF3O5. The summed E-state index contributed by atoms with van der Waals surface area (Å²) in [7, 11) is 1.39. The second kappa shape index (κ2) is 9.05. The highest BCUT2D eigenvalue weighted by atomic mass is 35.5. The van der Waals surface area contributed by atoms with E-state index in [0.29, 0.717) is 0 Å². The molecule has 0 saturated carbocycles. The molecule has 2 aromatic rings. The minimum absolute atomic E-state index is 0.0466. The van der Waals surface area contributed by atoms with Crippen LogP contribution < -0.4 is 14.2 Å². The van der Waals surface area contributed by atoms with Crippen LogP contribution in [0.3, 0.4) is 0 Å². The highest BCUT2D eigenvalue weighted by Crippen LogP contribution is 2.38. The van der Waals surface area contributed by atoms with Crippen LogP contribution in [0.2, 0.25) is 5.02 Å². The number of carbonyl (C=O) groups excluding carboxylic acids is 1. The molecule has 0 heterocycles. The molecule has 0 aromatic heterocycles. The minimum atomic E-state index is -4.50. The second-order valence-corrected chi connectivity index (χ2v) is 5.98. The first-order chi connectivity index (χ1) is 13.2. The molecule has 0 radical (unpaired) electrons. The number of rotatable bonds is 7. The monoisotopic (exact) mass is 418 g/mol. The topological polar surface area (TPSA) is 54.0 Å². The van der Waals surface area contributed by atoms with Crippen LogP contribution >= 0.6 is 11.6 Å². The van der Waals surface area contributed by atoms with Crippen LogP contribution in [0, 0.1) is 0 Å². The summed E-state index contributed by atoms with van der Waals surface area (Å²) in [5.74, 6) is 0.312. The lowest BCUT2D eigenvalue weighted by Gasteiger charge is -2.17. The van der Waals surface area contributed by atoms with Crippen LogP contribution in [0.4, 0.5) is 13.2 Å². The molecule has 5 nitrogen and oxygen atoms in total. The first kappa shape index (κ1) is 21.7. The van der Waals surface area contributed by atoms with Crippen LogP contribution in [0.1, 0.15) is 19.4 Å². The minimum Gasteiger partial charge on any atom is -0.493 e. The van der Waals surface area contributed by atoms with Crippen molar-refractivity contribution >= 4 is 17.6 Å². The van der Waals surface area contributed by atoms with Crippen molar-refractivity contribution in [2.45, 2.75) is 26.1 Å². The maximum atomic E-state index is 12.7. The molecule has 2 aromatic carbocycles. The standard InChI is InChI=1S/C19H18ClF3O5/c1-4-26-18(24)11(2)27-16-8-6-13(10-17(16)25-3)28-15-7-5-12(9-14(15)20)19(21,22)23/h5-11H,4H2,1-3H3. The summed E-state index contributed by atoms with van der Waals surface area (Å²) in [6.07, 6.45) is -5.36. The van der Waals surface area contributed by atoms with Gasteiger partial charge in [0.1, 0.15) is 11.5 Å². The van der Waals surface area contributed by atoms with E-state index >= 15 is 0 Å². The molecule has 0 aliphatic rings. The normalized spacial score (nSPS) is 12.2. The van der Waals surface area contributed by atoms with Gasteiger partial charge in [-0.15, -0.1) is 0 Å². The molecule has 0 aliphatic carbocycles. The molecule has 1 atom stereocenters. The number of ether oxygens (including phenoxy) is 4. The van der Waals surface area contributed by atoms with Gasteiger partial charge in [0, 0.05) is 6.07 Å². The van der Waals surface area contributed by atoms with E-state index in [2.05, 4.69) is 0 Å². The fourth-order valence-electron chi connectivity index (χ4n) is 2.19. The molecule has 0 N–H and O–H groups in total. The Bertz CT molecular complexity index is 839. The van der Waals surface area contributed by atoms with Gasteiger partial charge in [-0.25, -0.2) is 4.79 Å². The first-order valence-electron chi connectivity index (χ1n) is 8.21. The zero-order valence-corrected chi connectivity index (χ0v) is 16.1. The van der Waals surface area contributed by atoms with Crippen molar-refractivity contribution < 1.29 is 36.9 Å². The van der Waals surface area contributed by atoms with Crippen LogP contribution in [0.25, 0.3) is 0 Å². The molecule has 0 fully saturated rings. The Morgan fingerprint density at radius 2 is 1.79 bits per heavy atom. The van der Waals surface area contributed by atoms with Gasteiger partial charge >= 0.3 is 12.1 Å². The summed E-state index contributed by atoms with van der Waals surface area (Å²) in [6, 6.07) is 7.25. The second-order valence-electron chi connectivity index (χ2n) is 5.57. The highest BCUT2D eigenvalue weighted by molar-refractivity contribution is 6.32. The summed E-state index contributed by atoms with van der Waals surface area (Å²) in [5, 5.41) is -0.190. The number of alkyl halides is 3. The first-order valence-corrected chi connectivity index (χ1v) is 8.59. The van der Waals surface area contributed by atoms with Gasteiger partial charge in [0.05, 0.1) is 24.3 Å². The van der Waals surface area contributed by atoms with Crippen molar-refractivity contribution in [2.75, 3.05) is 13.7 Å². The Morgan fingerprint density at radius 3 is 2.36 bits per heavy atom. The van der Waals surface area contributed by atoms with E-state index in [0.717, 1.165) is 18.2 Å². The van der Waals surface area contributed by atoms with Crippen molar-refractivity contribution in [1.29, 1.82) is 0 Å². The molecular weight excluding hydrogens is 401 g/mol. The average molecular weight is 419 g/mol. The predicted molar refractivity (Wildman–Crippen MR) is 96.2 cm³/mol. The Kier molecular flexibility index (Phi) is 7.01. The zero-order valence-electron chi connectivity index (χ0n) is 15.3. The number of carbonyl (C=O) groups is 1. The Labute approximate surface area is 164 Å². The van der Waals surface area contributed by atoms with Gasteiger partial charge < -0.3 is 18.9 Å². The SMILES string of the molecule is CCOC(=O)C(C)Oc1ccc(Oc2ccc(C(F)(F)F)cc2Cl)cc1OC. The number of methoxy groups -OCH3 is 1.